The molecule has 0 heterocycles. The molecule has 96 valence electrons. The Kier molecular flexibility index (Phi) is 6.79. The summed E-state index contributed by atoms with van der Waals surface area (Å²) in [7, 11) is 0. The van der Waals surface area contributed by atoms with E-state index in [1.165, 1.54) is 6.92 Å². The maximum absolute atomic E-state index is 12.2. The molecule has 0 aliphatic carbocycles. The molecule has 0 spiro atoms. The van der Waals surface area contributed by atoms with Crippen molar-refractivity contribution in [1.82, 2.24) is 4.90 Å². The van der Waals surface area contributed by atoms with Crippen LogP contribution in [0.4, 0.5) is 13.2 Å². The second-order valence-electron chi connectivity index (χ2n) is 3.78. The quantitative estimate of drug-likeness (QED) is 0.672. The number of carbonyl (C=O) groups excluding carboxylic acids is 1. The van der Waals surface area contributed by atoms with Crippen molar-refractivity contribution < 1.29 is 18.0 Å². The van der Waals surface area contributed by atoms with Crippen LogP contribution in [0.5, 0.6) is 0 Å². The highest BCUT2D eigenvalue weighted by Gasteiger charge is 2.33. The van der Waals surface area contributed by atoms with Crippen molar-refractivity contribution >= 4 is 17.5 Å². The molecule has 1 atom stereocenters. The summed E-state index contributed by atoms with van der Waals surface area (Å²) in [6, 6.07) is 0. The normalized spacial score (nSPS) is 13.6. The van der Waals surface area contributed by atoms with Crippen LogP contribution in [0.2, 0.25) is 0 Å². The summed E-state index contributed by atoms with van der Waals surface area (Å²) in [4.78, 5) is 12.4. The summed E-state index contributed by atoms with van der Waals surface area (Å²) < 4.78 is 36.7. The lowest BCUT2D eigenvalue weighted by Crippen LogP contribution is -2.42. The number of unbranched alkanes of at least 4 members (excludes halogenated alkanes) is 1. The zero-order valence-electron chi connectivity index (χ0n) is 9.48. The van der Waals surface area contributed by atoms with Gasteiger partial charge < -0.3 is 4.90 Å². The lowest BCUT2D eigenvalue weighted by molar-refractivity contribution is -0.163. The molecule has 0 aromatic carbocycles. The van der Waals surface area contributed by atoms with Crippen LogP contribution in [0, 0.1) is 5.92 Å². The van der Waals surface area contributed by atoms with E-state index in [9.17, 15) is 18.0 Å². The summed E-state index contributed by atoms with van der Waals surface area (Å²) >= 11 is 5.47. The molecule has 1 unspecified atom stereocenters. The highest BCUT2D eigenvalue weighted by atomic mass is 35.5. The number of rotatable bonds is 6. The van der Waals surface area contributed by atoms with Gasteiger partial charge in [0.05, 0.1) is 0 Å². The van der Waals surface area contributed by atoms with E-state index in [0.29, 0.717) is 6.42 Å². The van der Waals surface area contributed by atoms with Gasteiger partial charge in [-0.15, -0.1) is 11.6 Å². The molecule has 0 bridgehead atoms. The van der Waals surface area contributed by atoms with E-state index in [-0.39, 0.29) is 12.4 Å². The van der Waals surface area contributed by atoms with Gasteiger partial charge in [-0.25, -0.2) is 0 Å². The fourth-order valence-corrected chi connectivity index (χ4v) is 1.34. The first kappa shape index (κ1) is 15.6. The molecule has 0 saturated carbocycles. The number of carbonyl (C=O) groups is 1. The van der Waals surface area contributed by atoms with Crippen LogP contribution < -0.4 is 0 Å². The van der Waals surface area contributed by atoms with Crippen molar-refractivity contribution in [3.05, 3.63) is 0 Å². The minimum absolute atomic E-state index is 0.0410. The summed E-state index contributed by atoms with van der Waals surface area (Å²) in [5.41, 5.74) is 0. The van der Waals surface area contributed by atoms with Gasteiger partial charge in [0.1, 0.15) is 6.54 Å². The van der Waals surface area contributed by atoms with Gasteiger partial charge in [0.2, 0.25) is 5.91 Å². The van der Waals surface area contributed by atoms with Crippen molar-refractivity contribution in [2.24, 2.45) is 5.92 Å². The minimum Gasteiger partial charge on any atom is -0.333 e. The van der Waals surface area contributed by atoms with Crippen molar-refractivity contribution in [1.29, 1.82) is 0 Å². The van der Waals surface area contributed by atoms with Gasteiger partial charge in [-0.05, 0) is 6.42 Å². The fraction of sp³-hybridized carbons (Fsp3) is 0.900. The van der Waals surface area contributed by atoms with Crippen LogP contribution in [0.3, 0.4) is 0 Å². The number of amides is 1. The molecular formula is C10H17ClF3NO. The largest absolute Gasteiger partial charge is 0.406 e. The SMILES string of the molecule is CCCCN(CC(F)(F)F)C(=O)C(C)CCl. The van der Waals surface area contributed by atoms with Crippen molar-refractivity contribution in [3.63, 3.8) is 0 Å². The standard InChI is InChI=1S/C10H17ClF3NO/c1-3-4-5-15(7-10(12,13)14)9(16)8(2)6-11/h8H,3-7H2,1-2H3. The zero-order valence-corrected chi connectivity index (χ0v) is 10.2. The fourth-order valence-electron chi connectivity index (χ4n) is 1.21. The van der Waals surface area contributed by atoms with E-state index in [0.717, 1.165) is 11.3 Å². The summed E-state index contributed by atoms with van der Waals surface area (Å²) in [5.74, 6) is -1.05. The Morgan fingerprint density at radius 1 is 1.44 bits per heavy atom. The molecule has 16 heavy (non-hydrogen) atoms. The highest BCUT2D eigenvalue weighted by Crippen LogP contribution is 2.18. The number of hydrogen-bond acceptors (Lipinski definition) is 1. The van der Waals surface area contributed by atoms with Gasteiger partial charge >= 0.3 is 6.18 Å². The Morgan fingerprint density at radius 2 is 2.00 bits per heavy atom. The van der Waals surface area contributed by atoms with Crippen molar-refractivity contribution in [2.75, 3.05) is 19.0 Å². The summed E-state index contributed by atoms with van der Waals surface area (Å²) in [6.07, 6.45) is -3.04. The van der Waals surface area contributed by atoms with Crippen LogP contribution in [-0.4, -0.2) is 36.0 Å². The van der Waals surface area contributed by atoms with Crippen molar-refractivity contribution in [2.45, 2.75) is 32.9 Å². The van der Waals surface area contributed by atoms with E-state index in [4.69, 9.17) is 11.6 Å². The van der Waals surface area contributed by atoms with E-state index < -0.39 is 24.5 Å². The molecule has 0 aliphatic rings. The number of hydrogen-bond donors (Lipinski definition) is 0. The number of alkyl halides is 4. The predicted octanol–water partition coefficient (Wildman–Crippen LogP) is 3.05. The molecule has 0 aromatic heterocycles. The maximum Gasteiger partial charge on any atom is 0.406 e. The van der Waals surface area contributed by atoms with Gasteiger partial charge in [0, 0.05) is 18.3 Å². The summed E-state index contributed by atoms with van der Waals surface area (Å²) in [6.45, 7) is 2.34. The third-order valence-electron chi connectivity index (χ3n) is 2.12. The second-order valence-corrected chi connectivity index (χ2v) is 4.09. The molecule has 0 rings (SSSR count). The monoisotopic (exact) mass is 259 g/mol. The molecule has 6 heteroatoms. The Morgan fingerprint density at radius 3 is 2.38 bits per heavy atom. The van der Waals surface area contributed by atoms with Crippen LogP contribution in [0.1, 0.15) is 26.7 Å². The summed E-state index contributed by atoms with van der Waals surface area (Å²) in [5, 5.41) is 0. The average Bonchev–Trinajstić information content (AvgIpc) is 2.20. The van der Waals surface area contributed by atoms with Gasteiger partial charge in [-0.1, -0.05) is 20.3 Å². The molecule has 0 aliphatic heterocycles. The molecular weight excluding hydrogens is 243 g/mol. The first-order valence-electron chi connectivity index (χ1n) is 5.23. The molecule has 0 saturated heterocycles. The Balaban J connectivity index is 4.47. The second kappa shape index (κ2) is 6.99. The molecule has 0 aromatic rings. The van der Waals surface area contributed by atoms with Gasteiger partial charge in [0.15, 0.2) is 0 Å². The van der Waals surface area contributed by atoms with E-state index in [1.54, 1.807) is 0 Å². The average molecular weight is 260 g/mol. The van der Waals surface area contributed by atoms with Crippen LogP contribution in [0.15, 0.2) is 0 Å². The molecule has 0 fully saturated rings. The first-order valence-corrected chi connectivity index (χ1v) is 5.76. The van der Waals surface area contributed by atoms with E-state index >= 15 is 0 Å². The number of halogens is 4. The number of nitrogens with zero attached hydrogens (tertiary/aromatic N) is 1. The molecule has 1 amide bonds. The van der Waals surface area contributed by atoms with Gasteiger partial charge in [-0.3, -0.25) is 4.79 Å². The van der Waals surface area contributed by atoms with Gasteiger partial charge in [0.25, 0.3) is 0 Å². The van der Waals surface area contributed by atoms with Crippen LogP contribution >= 0.6 is 11.6 Å². The smallest absolute Gasteiger partial charge is 0.333 e. The van der Waals surface area contributed by atoms with Crippen LogP contribution in [-0.2, 0) is 4.79 Å². The maximum atomic E-state index is 12.2. The molecule has 2 nitrogen and oxygen atoms in total. The minimum atomic E-state index is -4.35. The molecule has 0 radical (unpaired) electrons. The Bertz CT molecular complexity index is 221. The Labute approximate surface area is 98.7 Å². The third kappa shape index (κ3) is 6.20. The van der Waals surface area contributed by atoms with E-state index in [1.807, 2.05) is 6.92 Å². The van der Waals surface area contributed by atoms with Gasteiger partial charge in [-0.2, -0.15) is 13.2 Å². The zero-order chi connectivity index (χ0) is 12.8. The molecule has 0 N–H and O–H groups in total. The third-order valence-corrected chi connectivity index (χ3v) is 2.58. The first-order chi connectivity index (χ1) is 7.31. The lowest BCUT2D eigenvalue weighted by atomic mass is 10.1. The lowest BCUT2D eigenvalue weighted by Gasteiger charge is -2.26. The highest BCUT2D eigenvalue weighted by molar-refractivity contribution is 6.19. The van der Waals surface area contributed by atoms with Crippen LogP contribution in [0.25, 0.3) is 0 Å². The van der Waals surface area contributed by atoms with Crippen molar-refractivity contribution in [3.8, 4) is 0 Å². The topological polar surface area (TPSA) is 20.3 Å². The van der Waals surface area contributed by atoms with E-state index in [2.05, 4.69) is 0 Å². The predicted molar refractivity (Wildman–Crippen MR) is 57.4 cm³/mol. The Hall–Kier alpha value is -0.450.